The molecular weight excluding hydrogens is 442 g/mol. The molecule has 1 N–H and O–H groups in total. The van der Waals surface area contributed by atoms with Gasteiger partial charge in [-0.3, -0.25) is 4.79 Å². The Morgan fingerprint density at radius 1 is 1.11 bits per heavy atom. The first-order valence-electron chi connectivity index (χ1n) is 12.7. The van der Waals surface area contributed by atoms with Gasteiger partial charge in [0.1, 0.15) is 23.9 Å². The molecule has 0 radical (unpaired) electrons. The first kappa shape index (κ1) is 24.0. The third-order valence-corrected chi connectivity index (χ3v) is 9.28. The van der Waals surface area contributed by atoms with Gasteiger partial charge < -0.3 is 24.2 Å². The van der Waals surface area contributed by atoms with Gasteiger partial charge in [0, 0.05) is 18.0 Å². The molecule has 3 atom stereocenters. The van der Waals surface area contributed by atoms with Crippen LogP contribution in [-0.4, -0.2) is 49.8 Å². The Balaban J connectivity index is 1.46. The molecule has 35 heavy (non-hydrogen) atoms. The average molecular weight is 480 g/mol. The number of carbonyl (C=O) groups is 1. The van der Waals surface area contributed by atoms with Crippen molar-refractivity contribution in [1.29, 1.82) is 0 Å². The van der Waals surface area contributed by atoms with E-state index < -0.39 is 11.4 Å². The number of likely N-dealkylation sites (tertiary alicyclic amines) is 1. The van der Waals surface area contributed by atoms with Crippen LogP contribution >= 0.6 is 0 Å². The third kappa shape index (κ3) is 3.86. The molecule has 0 bridgehead atoms. The van der Waals surface area contributed by atoms with E-state index in [0.29, 0.717) is 19.1 Å². The predicted molar refractivity (Wildman–Crippen MR) is 134 cm³/mol. The molecule has 1 saturated heterocycles. The standard InChI is InChI=1S/C29H37NO5/c1-17-24(34-5)8-9-25-26(17)27(23-7-6-22(33-4)14-21(23)15-35-25)20-10-12-30(13-11-20)16-29(28(31)32)18(2)19(29)3/h6-9,14,18-20,27H,10-13,15-16H2,1-5H3,(H,31,32). The summed E-state index contributed by atoms with van der Waals surface area (Å²) in [5.41, 5.74) is 4.23. The predicted octanol–water partition coefficient (Wildman–Crippen LogP) is 5.11. The van der Waals surface area contributed by atoms with Crippen molar-refractivity contribution in [3.63, 3.8) is 0 Å². The summed E-state index contributed by atoms with van der Waals surface area (Å²) in [6, 6.07) is 10.4. The second-order valence-corrected chi connectivity index (χ2v) is 10.7. The number of rotatable bonds is 6. The van der Waals surface area contributed by atoms with Crippen LogP contribution < -0.4 is 14.2 Å². The monoisotopic (exact) mass is 479 g/mol. The highest BCUT2D eigenvalue weighted by Gasteiger charge is 2.65. The van der Waals surface area contributed by atoms with Crippen LogP contribution in [0.15, 0.2) is 30.3 Å². The maximum atomic E-state index is 12.1. The number of ether oxygens (including phenoxy) is 3. The number of nitrogens with zero attached hydrogens (tertiary/aromatic N) is 1. The number of carboxylic acids is 1. The second-order valence-electron chi connectivity index (χ2n) is 10.7. The van der Waals surface area contributed by atoms with E-state index in [2.05, 4.69) is 37.8 Å². The molecule has 2 heterocycles. The van der Waals surface area contributed by atoms with Crippen molar-refractivity contribution in [3.8, 4) is 17.2 Å². The quantitative estimate of drug-likeness (QED) is 0.621. The number of benzene rings is 2. The Kier molecular flexibility index (Phi) is 6.20. The molecule has 2 aromatic carbocycles. The Bertz CT molecular complexity index is 1110. The minimum Gasteiger partial charge on any atom is -0.497 e. The summed E-state index contributed by atoms with van der Waals surface area (Å²) in [6.07, 6.45) is 2.04. The minimum atomic E-state index is -0.639. The lowest BCUT2D eigenvalue weighted by Gasteiger charge is -2.38. The van der Waals surface area contributed by atoms with Gasteiger partial charge in [-0.1, -0.05) is 19.9 Å². The maximum absolute atomic E-state index is 12.1. The van der Waals surface area contributed by atoms with Crippen LogP contribution in [-0.2, 0) is 11.4 Å². The van der Waals surface area contributed by atoms with Crippen molar-refractivity contribution in [1.82, 2.24) is 4.90 Å². The van der Waals surface area contributed by atoms with Gasteiger partial charge in [-0.2, -0.15) is 0 Å². The summed E-state index contributed by atoms with van der Waals surface area (Å²) in [5.74, 6) is 3.11. The Morgan fingerprint density at radius 3 is 2.43 bits per heavy atom. The number of aliphatic carboxylic acids is 1. The van der Waals surface area contributed by atoms with Crippen LogP contribution in [0.2, 0.25) is 0 Å². The molecule has 1 aliphatic carbocycles. The molecule has 5 rings (SSSR count). The fourth-order valence-corrected chi connectivity index (χ4v) is 6.78. The van der Waals surface area contributed by atoms with Gasteiger partial charge in [0.2, 0.25) is 0 Å². The van der Waals surface area contributed by atoms with E-state index >= 15 is 0 Å². The van der Waals surface area contributed by atoms with Crippen molar-refractivity contribution in [3.05, 3.63) is 52.6 Å². The first-order valence-corrected chi connectivity index (χ1v) is 12.7. The normalized spacial score (nSPS) is 28.3. The third-order valence-electron chi connectivity index (χ3n) is 9.28. The number of carboxylic acid groups (broad SMARTS) is 1. The molecule has 6 heteroatoms. The second kappa shape index (κ2) is 9.05. The van der Waals surface area contributed by atoms with Gasteiger partial charge >= 0.3 is 5.97 Å². The number of methoxy groups -OCH3 is 2. The van der Waals surface area contributed by atoms with Crippen LogP contribution in [0.4, 0.5) is 0 Å². The zero-order chi connectivity index (χ0) is 24.9. The summed E-state index contributed by atoms with van der Waals surface area (Å²) in [5, 5.41) is 9.94. The van der Waals surface area contributed by atoms with Crippen LogP contribution in [0.5, 0.6) is 17.2 Å². The SMILES string of the molecule is COc1ccc2c(c1)COc1ccc(OC)c(C)c1C2C1CCN(CC2(C(=O)O)C(C)C2C)CC1. The average Bonchev–Trinajstić information content (AvgIpc) is 3.45. The molecule has 6 nitrogen and oxygen atoms in total. The van der Waals surface area contributed by atoms with Crippen LogP contribution in [0, 0.1) is 30.1 Å². The van der Waals surface area contributed by atoms with Crippen molar-refractivity contribution in [2.24, 2.45) is 23.2 Å². The molecular formula is C29H37NO5. The van der Waals surface area contributed by atoms with E-state index in [0.717, 1.165) is 54.3 Å². The largest absolute Gasteiger partial charge is 0.497 e. The van der Waals surface area contributed by atoms with Crippen molar-refractivity contribution < 1.29 is 24.1 Å². The summed E-state index contributed by atoms with van der Waals surface area (Å²) >= 11 is 0. The molecule has 3 unspecified atom stereocenters. The molecule has 0 spiro atoms. The Morgan fingerprint density at radius 2 is 1.83 bits per heavy atom. The molecule has 0 amide bonds. The van der Waals surface area contributed by atoms with Gasteiger partial charge in [-0.05, 0) is 91.6 Å². The maximum Gasteiger partial charge on any atom is 0.311 e. The molecule has 1 saturated carbocycles. The van der Waals surface area contributed by atoms with E-state index in [1.54, 1.807) is 14.2 Å². The lowest BCUT2D eigenvalue weighted by atomic mass is 9.73. The summed E-state index contributed by atoms with van der Waals surface area (Å²) in [6.45, 7) is 9.29. The molecule has 2 aromatic rings. The fraction of sp³-hybridized carbons (Fsp3) is 0.552. The lowest BCUT2D eigenvalue weighted by Crippen LogP contribution is -2.42. The van der Waals surface area contributed by atoms with Gasteiger partial charge in [-0.25, -0.2) is 0 Å². The number of hydrogen-bond acceptors (Lipinski definition) is 5. The fourth-order valence-electron chi connectivity index (χ4n) is 6.78. The first-order chi connectivity index (χ1) is 16.8. The smallest absolute Gasteiger partial charge is 0.311 e. The minimum absolute atomic E-state index is 0.192. The molecule has 0 aromatic heterocycles. The van der Waals surface area contributed by atoms with E-state index in [4.69, 9.17) is 14.2 Å². The topological polar surface area (TPSA) is 68.2 Å². The van der Waals surface area contributed by atoms with E-state index in [1.165, 1.54) is 11.1 Å². The zero-order valence-corrected chi connectivity index (χ0v) is 21.5. The lowest BCUT2D eigenvalue weighted by molar-refractivity contribution is -0.145. The number of piperidine rings is 1. The Labute approximate surface area is 208 Å². The number of hydrogen-bond donors (Lipinski definition) is 1. The van der Waals surface area contributed by atoms with Gasteiger partial charge in [0.05, 0.1) is 19.6 Å². The van der Waals surface area contributed by atoms with Crippen molar-refractivity contribution in [2.45, 2.75) is 46.1 Å². The summed E-state index contributed by atoms with van der Waals surface area (Å²) in [7, 11) is 3.42. The summed E-state index contributed by atoms with van der Waals surface area (Å²) in [4.78, 5) is 14.5. The molecule has 188 valence electrons. The molecule has 2 aliphatic heterocycles. The highest BCUT2D eigenvalue weighted by molar-refractivity contribution is 5.79. The summed E-state index contributed by atoms with van der Waals surface area (Å²) < 4.78 is 17.5. The Hall–Kier alpha value is -2.73. The number of fused-ring (bicyclic) bond motifs is 2. The van der Waals surface area contributed by atoms with Crippen molar-refractivity contribution >= 4 is 5.97 Å². The van der Waals surface area contributed by atoms with E-state index in [-0.39, 0.29) is 17.8 Å². The van der Waals surface area contributed by atoms with E-state index in [1.807, 2.05) is 18.2 Å². The molecule has 3 aliphatic rings. The highest BCUT2D eigenvalue weighted by Crippen LogP contribution is 2.59. The van der Waals surface area contributed by atoms with Gasteiger partial charge in [0.25, 0.3) is 0 Å². The van der Waals surface area contributed by atoms with Gasteiger partial charge in [-0.15, -0.1) is 0 Å². The van der Waals surface area contributed by atoms with Crippen molar-refractivity contribution in [2.75, 3.05) is 33.9 Å². The van der Waals surface area contributed by atoms with Crippen LogP contribution in [0.3, 0.4) is 0 Å². The highest BCUT2D eigenvalue weighted by atomic mass is 16.5. The molecule has 2 fully saturated rings. The zero-order valence-electron chi connectivity index (χ0n) is 21.5. The van der Waals surface area contributed by atoms with Crippen LogP contribution in [0.25, 0.3) is 0 Å². The van der Waals surface area contributed by atoms with Gasteiger partial charge in [0.15, 0.2) is 0 Å². The van der Waals surface area contributed by atoms with Crippen LogP contribution in [0.1, 0.15) is 54.9 Å². The van der Waals surface area contributed by atoms with E-state index in [9.17, 15) is 9.90 Å².